The van der Waals surface area contributed by atoms with Crippen molar-refractivity contribution in [2.24, 2.45) is 0 Å². The molecule has 2 heterocycles. The van der Waals surface area contributed by atoms with Crippen molar-refractivity contribution < 1.29 is 51.0 Å². The maximum Gasteiger partial charge on any atom is 0.410 e. The first-order chi connectivity index (χ1) is 25.3. The van der Waals surface area contributed by atoms with Crippen LogP contribution >= 0.6 is 0 Å². The van der Waals surface area contributed by atoms with Crippen LogP contribution in [0.15, 0.2) is 29.8 Å². The van der Waals surface area contributed by atoms with Crippen molar-refractivity contribution in [3.05, 3.63) is 46.8 Å². The van der Waals surface area contributed by atoms with Gasteiger partial charge in [0.2, 0.25) is 21.8 Å². The minimum absolute atomic E-state index is 0.0420. The average Bonchev–Trinajstić information content (AvgIpc) is 3.71. The zero-order chi connectivity index (χ0) is 40.0. The Kier molecular flexibility index (Phi) is 13.9. The van der Waals surface area contributed by atoms with E-state index in [9.17, 15) is 41.6 Å². The van der Waals surface area contributed by atoms with Crippen molar-refractivity contribution in [1.29, 1.82) is 0 Å². The van der Waals surface area contributed by atoms with E-state index < -0.39 is 80.8 Å². The zero-order valence-electron chi connectivity index (χ0n) is 31.7. The second kappa shape index (κ2) is 17.7. The van der Waals surface area contributed by atoms with Gasteiger partial charge in [0.15, 0.2) is 5.78 Å². The third-order valence-electron chi connectivity index (χ3n) is 9.10. The van der Waals surface area contributed by atoms with Gasteiger partial charge in [0.1, 0.15) is 35.6 Å². The summed E-state index contributed by atoms with van der Waals surface area (Å²) in [5, 5.41) is 4.46. The number of rotatable bonds is 15. The predicted molar refractivity (Wildman–Crippen MR) is 194 cm³/mol. The normalized spacial score (nSPS) is 19.2. The van der Waals surface area contributed by atoms with Crippen LogP contribution in [0.5, 0.6) is 0 Å². The van der Waals surface area contributed by atoms with Crippen molar-refractivity contribution >= 4 is 45.7 Å². The summed E-state index contributed by atoms with van der Waals surface area (Å²) in [6, 6.07) is 0.581. The monoisotopic (exact) mass is 777 g/mol. The molecule has 2 fully saturated rings. The Labute approximate surface area is 315 Å². The van der Waals surface area contributed by atoms with E-state index in [1.165, 1.54) is 23.1 Å². The third-order valence-corrected chi connectivity index (χ3v) is 10.9. The SMILES string of the molecule is CCCCC(NC(=O)C1C[C@@H](OC(=O)N2Cc3cccc(F)c3C2)CN1C(=O)[C@H](CCC(=O)C=C(C)C)NC(=O)OC(C)(C)C)C(=O)NS(=O)(=O)C1CC1. The number of benzene rings is 1. The molecule has 4 rings (SSSR count). The summed E-state index contributed by atoms with van der Waals surface area (Å²) in [5.41, 5.74) is 0.781. The maximum atomic E-state index is 14.4. The van der Waals surface area contributed by atoms with Gasteiger partial charge in [-0.1, -0.05) is 37.5 Å². The Bertz CT molecular complexity index is 1750. The standard InChI is InChI=1S/C37H52FN5O10S/c1-7-8-12-29(32(45)41-54(50,51)26-14-15-26)39-33(46)31-18-25(52-36(49)42-19-23-10-9-11-28(38)27(23)21-42)20-43(31)34(47)30(16-13-24(44)17-22(2)3)40-35(48)53-37(4,5)6/h9-11,17,25-26,29-31H,7-8,12-16,18-21H2,1-6H3,(H,39,46)(H,40,48)(H,41,45)/t25-,29?,30+,31?/m1/s1. The summed E-state index contributed by atoms with van der Waals surface area (Å²) in [7, 11) is -3.93. The van der Waals surface area contributed by atoms with Gasteiger partial charge >= 0.3 is 12.2 Å². The Hall–Kier alpha value is -4.54. The Morgan fingerprint density at radius 3 is 2.33 bits per heavy atom. The third kappa shape index (κ3) is 11.7. The number of amides is 5. The molecule has 298 valence electrons. The fourth-order valence-corrected chi connectivity index (χ4v) is 7.65. The second-order valence-electron chi connectivity index (χ2n) is 15.3. The number of likely N-dealkylation sites (tertiary alicyclic amines) is 1. The number of carbonyl (C=O) groups is 6. The molecule has 0 bridgehead atoms. The highest BCUT2D eigenvalue weighted by atomic mass is 32.2. The van der Waals surface area contributed by atoms with Gasteiger partial charge in [-0.05, 0) is 78.0 Å². The second-order valence-corrected chi connectivity index (χ2v) is 17.3. The van der Waals surface area contributed by atoms with Crippen molar-refractivity contribution in [1.82, 2.24) is 25.2 Å². The van der Waals surface area contributed by atoms with Crippen LogP contribution in [0.2, 0.25) is 0 Å². The molecule has 3 N–H and O–H groups in total. The van der Waals surface area contributed by atoms with E-state index in [-0.39, 0.29) is 51.1 Å². The quantitative estimate of drug-likeness (QED) is 0.221. The molecule has 1 aliphatic carbocycles. The highest BCUT2D eigenvalue weighted by Gasteiger charge is 2.46. The number of sulfonamides is 1. The summed E-state index contributed by atoms with van der Waals surface area (Å²) in [6.45, 7) is 9.99. The van der Waals surface area contributed by atoms with E-state index in [1.807, 2.05) is 6.92 Å². The maximum absolute atomic E-state index is 14.4. The highest BCUT2D eigenvalue weighted by Crippen LogP contribution is 2.29. The van der Waals surface area contributed by atoms with Gasteiger partial charge in [-0.15, -0.1) is 0 Å². The van der Waals surface area contributed by atoms with Crippen LogP contribution in [0.4, 0.5) is 14.0 Å². The van der Waals surface area contributed by atoms with E-state index >= 15 is 0 Å². The fraction of sp³-hybridized carbons (Fsp3) is 0.622. The van der Waals surface area contributed by atoms with E-state index in [0.29, 0.717) is 36.8 Å². The fourth-order valence-electron chi connectivity index (χ4n) is 6.31. The summed E-state index contributed by atoms with van der Waals surface area (Å²) in [6.07, 6.45) is 0.168. The highest BCUT2D eigenvalue weighted by molar-refractivity contribution is 7.90. The van der Waals surface area contributed by atoms with E-state index in [0.717, 1.165) is 10.5 Å². The van der Waals surface area contributed by atoms with Gasteiger partial charge < -0.3 is 25.0 Å². The number of nitrogens with one attached hydrogen (secondary N) is 3. The molecular weight excluding hydrogens is 725 g/mol. The number of alkyl carbamates (subject to hydrolysis) is 1. The number of unbranched alkanes of at least 4 members (excludes halogenated alkanes) is 1. The van der Waals surface area contributed by atoms with Gasteiger partial charge in [0, 0.05) is 24.9 Å². The number of carbonyl (C=O) groups excluding carboxylic acids is 6. The molecule has 54 heavy (non-hydrogen) atoms. The summed E-state index contributed by atoms with van der Waals surface area (Å²) >= 11 is 0. The van der Waals surface area contributed by atoms with Crippen LogP contribution < -0.4 is 15.4 Å². The van der Waals surface area contributed by atoms with Crippen LogP contribution in [-0.4, -0.2) is 95.5 Å². The van der Waals surface area contributed by atoms with Crippen LogP contribution in [0.1, 0.15) is 104 Å². The molecule has 1 saturated heterocycles. The lowest BCUT2D eigenvalue weighted by atomic mass is 10.0. The number of allylic oxidation sites excluding steroid dienone is 2. The number of fused-ring (bicyclic) bond motifs is 1. The molecule has 0 spiro atoms. The molecule has 4 atom stereocenters. The van der Waals surface area contributed by atoms with Crippen LogP contribution in [0, 0.1) is 5.82 Å². The molecule has 2 aliphatic heterocycles. The Balaban J connectivity index is 1.59. The summed E-state index contributed by atoms with van der Waals surface area (Å²) in [4.78, 5) is 82.9. The average molecular weight is 778 g/mol. The molecule has 0 aromatic heterocycles. The number of hydrogen-bond acceptors (Lipinski definition) is 10. The molecule has 5 amide bonds. The summed E-state index contributed by atoms with van der Waals surface area (Å²) in [5.74, 6) is -3.25. The number of halogens is 1. The van der Waals surface area contributed by atoms with E-state index in [2.05, 4.69) is 15.4 Å². The van der Waals surface area contributed by atoms with Gasteiger partial charge in [-0.2, -0.15) is 0 Å². The lowest BCUT2D eigenvalue weighted by molar-refractivity contribution is -0.141. The molecule has 1 aromatic rings. The molecular formula is C37H52FN5O10S. The summed E-state index contributed by atoms with van der Waals surface area (Å²) < 4.78 is 52.8. The first-order valence-corrected chi connectivity index (χ1v) is 19.9. The van der Waals surface area contributed by atoms with Gasteiger partial charge in [0.25, 0.3) is 5.91 Å². The van der Waals surface area contributed by atoms with Gasteiger partial charge in [-0.3, -0.25) is 28.8 Å². The largest absolute Gasteiger partial charge is 0.444 e. The number of ketones is 1. The smallest absolute Gasteiger partial charge is 0.410 e. The van der Waals surface area contributed by atoms with Gasteiger partial charge in [0.05, 0.1) is 18.3 Å². The van der Waals surface area contributed by atoms with Crippen molar-refractivity contribution in [2.75, 3.05) is 6.54 Å². The molecule has 17 heteroatoms. The zero-order valence-corrected chi connectivity index (χ0v) is 32.6. The Morgan fingerprint density at radius 1 is 1.02 bits per heavy atom. The van der Waals surface area contributed by atoms with Crippen LogP contribution in [-0.2, 0) is 51.8 Å². The number of hydrogen-bond donors (Lipinski definition) is 3. The van der Waals surface area contributed by atoms with E-state index in [4.69, 9.17) is 9.47 Å². The van der Waals surface area contributed by atoms with Crippen LogP contribution in [0.25, 0.3) is 0 Å². The predicted octanol–water partition coefficient (Wildman–Crippen LogP) is 3.74. The number of nitrogens with zero attached hydrogens (tertiary/aromatic N) is 2. The van der Waals surface area contributed by atoms with Crippen molar-refractivity contribution in [2.45, 2.75) is 141 Å². The molecule has 0 radical (unpaired) electrons. The lowest BCUT2D eigenvalue weighted by Gasteiger charge is -2.30. The number of ether oxygens (including phenoxy) is 2. The first kappa shape index (κ1) is 42.2. The molecule has 15 nitrogen and oxygen atoms in total. The topological polar surface area (TPSA) is 198 Å². The molecule has 1 aromatic carbocycles. The molecule has 2 unspecified atom stereocenters. The molecule has 3 aliphatic rings. The van der Waals surface area contributed by atoms with Gasteiger partial charge in [-0.25, -0.2) is 22.4 Å². The minimum Gasteiger partial charge on any atom is -0.444 e. The lowest BCUT2D eigenvalue weighted by Crippen LogP contribution is -2.57. The minimum atomic E-state index is -3.93. The van der Waals surface area contributed by atoms with Crippen LogP contribution in [0.3, 0.4) is 0 Å². The Morgan fingerprint density at radius 2 is 1.72 bits per heavy atom. The first-order valence-electron chi connectivity index (χ1n) is 18.3. The van der Waals surface area contributed by atoms with Crippen molar-refractivity contribution in [3.8, 4) is 0 Å². The van der Waals surface area contributed by atoms with Crippen molar-refractivity contribution in [3.63, 3.8) is 0 Å². The van der Waals surface area contributed by atoms with E-state index in [1.54, 1.807) is 40.7 Å². The molecule has 1 saturated carbocycles.